The van der Waals surface area contributed by atoms with Crippen LogP contribution < -0.4 is 15.0 Å². The summed E-state index contributed by atoms with van der Waals surface area (Å²) < 4.78 is 21.0. The summed E-state index contributed by atoms with van der Waals surface area (Å²) in [7, 11) is -1.58. The molecule has 0 spiro atoms. The first-order chi connectivity index (χ1) is 19.7. The number of anilines is 1. The fraction of sp³-hybridized carbons (Fsp3) is 0.355. The monoisotopic (exact) mass is 557 g/mol. The minimum absolute atomic E-state index is 0.232. The molecule has 208 valence electrons. The van der Waals surface area contributed by atoms with Crippen LogP contribution in [0.5, 0.6) is 5.75 Å². The van der Waals surface area contributed by atoms with Gasteiger partial charge in [-0.2, -0.15) is 0 Å². The summed E-state index contributed by atoms with van der Waals surface area (Å²) in [4.78, 5) is 23.2. The van der Waals surface area contributed by atoms with E-state index in [-0.39, 0.29) is 5.91 Å². The number of aryl methyl sites for hydroxylation is 1. The maximum absolute atomic E-state index is 13.4. The van der Waals surface area contributed by atoms with E-state index in [0.717, 1.165) is 76.1 Å². The second-order valence-corrected chi connectivity index (χ2v) is 11.6. The first kappa shape index (κ1) is 26.5. The Morgan fingerprint density at radius 3 is 2.67 bits per heavy atom. The van der Waals surface area contributed by atoms with Crippen LogP contribution in [0.2, 0.25) is 0 Å². The molecule has 0 aliphatic carbocycles. The van der Waals surface area contributed by atoms with Crippen molar-refractivity contribution in [2.75, 3.05) is 50.8 Å². The number of para-hydroxylation sites is 1. The topological polar surface area (TPSA) is 79.7 Å². The molecule has 8 nitrogen and oxygen atoms in total. The lowest BCUT2D eigenvalue weighted by molar-refractivity contribution is 0.0947. The van der Waals surface area contributed by atoms with E-state index in [1.54, 1.807) is 24.4 Å². The fourth-order valence-electron chi connectivity index (χ4n) is 5.57. The molecule has 9 heteroatoms. The number of aromatic nitrogens is 2. The van der Waals surface area contributed by atoms with Crippen LogP contribution >= 0.6 is 0 Å². The number of benzene rings is 2. The van der Waals surface area contributed by atoms with E-state index < -0.39 is 11.0 Å². The highest BCUT2D eigenvalue weighted by atomic mass is 32.2. The average molecular weight is 558 g/mol. The summed E-state index contributed by atoms with van der Waals surface area (Å²) in [5.41, 5.74) is 3.46. The quantitative estimate of drug-likeness (QED) is 0.310. The summed E-state index contributed by atoms with van der Waals surface area (Å²) in [5.74, 6) is 0.852. The van der Waals surface area contributed by atoms with E-state index in [1.807, 2.05) is 30.3 Å². The third-order valence-corrected chi connectivity index (χ3v) is 9.05. The highest BCUT2D eigenvalue weighted by molar-refractivity contribution is 7.83. The van der Waals surface area contributed by atoms with Crippen LogP contribution in [0, 0.1) is 0 Å². The first-order valence-electron chi connectivity index (χ1n) is 14.1. The van der Waals surface area contributed by atoms with Crippen LogP contribution in [0.15, 0.2) is 77.8 Å². The molecule has 1 atom stereocenters. The molecule has 1 amide bonds. The maximum atomic E-state index is 13.4. The molecule has 0 radical (unpaired) electrons. The van der Waals surface area contributed by atoms with Gasteiger partial charge in [0.05, 0.1) is 17.2 Å². The Hall–Kier alpha value is -3.69. The molecule has 1 fully saturated rings. The number of amides is 1. The second kappa shape index (κ2) is 12.2. The van der Waals surface area contributed by atoms with Crippen LogP contribution in [0.3, 0.4) is 0 Å². The van der Waals surface area contributed by atoms with Crippen LogP contribution in [-0.4, -0.2) is 69.8 Å². The SMILES string of the molecule is O=C(NCCCCN1CCN(c2cccc3c2OCCC3)CC1)c1cc2cccnc2n1S(=O)c1ccccc1. The summed E-state index contributed by atoms with van der Waals surface area (Å²) in [6.07, 6.45) is 5.74. The number of hydrogen-bond donors (Lipinski definition) is 1. The highest BCUT2D eigenvalue weighted by Crippen LogP contribution is 2.36. The Morgan fingerprint density at radius 2 is 1.82 bits per heavy atom. The molecule has 0 saturated carbocycles. The minimum Gasteiger partial charge on any atom is -0.491 e. The molecule has 1 unspecified atom stereocenters. The van der Waals surface area contributed by atoms with Gasteiger partial charge in [0, 0.05) is 44.3 Å². The van der Waals surface area contributed by atoms with Gasteiger partial charge in [0.15, 0.2) is 16.6 Å². The van der Waals surface area contributed by atoms with E-state index in [1.165, 1.54) is 15.2 Å². The van der Waals surface area contributed by atoms with Crippen LogP contribution in [0.4, 0.5) is 5.69 Å². The zero-order valence-corrected chi connectivity index (χ0v) is 23.4. The van der Waals surface area contributed by atoms with Crippen LogP contribution in [0.25, 0.3) is 11.0 Å². The third kappa shape index (κ3) is 5.62. The lowest BCUT2D eigenvalue weighted by Gasteiger charge is -2.37. The van der Waals surface area contributed by atoms with Crippen LogP contribution in [-0.2, 0) is 17.4 Å². The number of ether oxygens (including phenoxy) is 1. The Bertz CT molecular complexity index is 1500. The molecule has 2 aromatic heterocycles. The van der Waals surface area contributed by atoms with Gasteiger partial charge in [-0.25, -0.2) is 13.2 Å². The van der Waals surface area contributed by atoms with Gasteiger partial charge in [0.2, 0.25) is 0 Å². The fourth-order valence-corrected chi connectivity index (χ4v) is 6.79. The molecule has 2 aliphatic heterocycles. The van der Waals surface area contributed by atoms with Gasteiger partial charge in [-0.3, -0.25) is 9.69 Å². The number of carbonyl (C=O) groups excluding carboxylic acids is 1. The lowest BCUT2D eigenvalue weighted by atomic mass is 10.0. The molecule has 1 N–H and O–H groups in total. The Kier molecular flexibility index (Phi) is 8.11. The number of pyridine rings is 1. The smallest absolute Gasteiger partial charge is 0.268 e. The van der Waals surface area contributed by atoms with Gasteiger partial charge < -0.3 is 15.0 Å². The normalized spacial score (nSPS) is 16.4. The summed E-state index contributed by atoms with van der Waals surface area (Å²) in [6.45, 7) is 6.42. The second-order valence-electron chi connectivity index (χ2n) is 10.3. The Balaban J connectivity index is 1.000. The van der Waals surface area contributed by atoms with Crippen molar-refractivity contribution in [1.82, 2.24) is 19.2 Å². The summed E-state index contributed by atoms with van der Waals surface area (Å²) >= 11 is 0. The zero-order valence-electron chi connectivity index (χ0n) is 22.6. The Morgan fingerprint density at radius 1 is 0.975 bits per heavy atom. The van der Waals surface area contributed by atoms with Crippen molar-refractivity contribution < 1.29 is 13.7 Å². The molecule has 6 rings (SSSR count). The van der Waals surface area contributed by atoms with E-state index in [9.17, 15) is 9.00 Å². The van der Waals surface area contributed by atoms with Gasteiger partial charge in [-0.05, 0) is 74.2 Å². The van der Waals surface area contributed by atoms with Gasteiger partial charge in [-0.15, -0.1) is 0 Å². The van der Waals surface area contributed by atoms with Crippen molar-refractivity contribution in [2.45, 2.75) is 30.6 Å². The van der Waals surface area contributed by atoms with Crippen molar-refractivity contribution in [2.24, 2.45) is 0 Å². The van der Waals surface area contributed by atoms with Gasteiger partial charge in [0.25, 0.3) is 5.91 Å². The number of nitrogens with one attached hydrogen (secondary N) is 1. The average Bonchev–Trinajstić information content (AvgIpc) is 3.41. The van der Waals surface area contributed by atoms with Crippen LogP contribution in [0.1, 0.15) is 35.3 Å². The molecule has 0 bridgehead atoms. The lowest BCUT2D eigenvalue weighted by Crippen LogP contribution is -2.47. The molecule has 40 heavy (non-hydrogen) atoms. The van der Waals surface area contributed by atoms with Crippen molar-refractivity contribution in [3.8, 4) is 5.75 Å². The van der Waals surface area contributed by atoms with Gasteiger partial charge >= 0.3 is 0 Å². The molecular formula is C31H35N5O3S. The van der Waals surface area contributed by atoms with E-state index in [0.29, 0.717) is 22.8 Å². The standard InChI is InChI=1S/C31H35N5O3S/c37-31(28-23-25-10-7-16-32-30(25)36(28)40(38)26-12-2-1-3-13-26)33-15-4-5-17-34-18-20-35(21-19-34)27-14-6-9-24-11-8-22-39-29(24)27/h1-3,6-7,9-10,12-14,16,23H,4-5,8,11,15,17-22H2,(H,33,37). The molecule has 2 aromatic carbocycles. The number of fused-ring (bicyclic) bond motifs is 2. The molecule has 2 aliphatic rings. The van der Waals surface area contributed by atoms with Crippen molar-refractivity contribution in [1.29, 1.82) is 0 Å². The molecule has 1 saturated heterocycles. The zero-order chi connectivity index (χ0) is 27.3. The van der Waals surface area contributed by atoms with Crippen molar-refractivity contribution in [3.05, 3.63) is 84.2 Å². The molecular weight excluding hydrogens is 522 g/mol. The highest BCUT2D eigenvalue weighted by Gasteiger charge is 2.23. The number of carbonyl (C=O) groups is 1. The van der Waals surface area contributed by atoms with Crippen molar-refractivity contribution in [3.63, 3.8) is 0 Å². The van der Waals surface area contributed by atoms with E-state index >= 15 is 0 Å². The third-order valence-electron chi connectivity index (χ3n) is 7.68. The number of nitrogens with zero attached hydrogens (tertiary/aromatic N) is 4. The van der Waals surface area contributed by atoms with Gasteiger partial charge in [-0.1, -0.05) is 30.3 Å². The Labute approximate surface area is 237 Å². The number of piperazine rings is 1. The van der Waals surface area contributed by atoms with E-state index in [2.05, 4.69) is 38.3 Å². The molecule has 4 heterocycles. The maximum Gasteiger partial charge on any atom is 0.268 e. The van der Waals surface area contributed by atoms with Gasteiger partial charge in [0.1, 0.15) is 11.4 Å². The molecule has 4 aromatic rings. The number of rotatable bonds is 9. The number of unbranched alkanes of at least 4 members (excludes halogenated alkanes) is 1. The van der Waals surface area contributed by atoms with E-state index in [4.69, 9.17) is 4.74 Å². The summed E-state index contributed by atoms with van der Waals surface area (Å²) in [5, 5.41) is 3.83. The number of hydrogen-bond acceptors (Lipinski definition) is 6. The first-order valence-corrected chi connectivity index (χ1v) is 15.2. The predicted molar refractivity (Wildman–Crippen MR) is 158 cm³/mol. The summed E-state index contributed by atoms with van der Waals surface area (Å²) in [6, 6.07) is 21.2. The van der Waals surface area contributed by atoms with Crippen molar-refractivity contribution >= 4 is 33.6 Å². The predicted octanol–water partition coefficient (Wildman–Crippen LogP) is 4.26. The largest absolute Gasteiger partial charge is 0.491 e. The minimum atomic E-state index is -1.58.